The van der Waals surface area contributed by atoms with Gasteiger partial charge in [0.25, 0.3) is 0 Å². The number of esters is 1. The van der Waals surface area contributed by atoms with Crippen LogP contribution in [0, 0.1) is 5.41 Å². The highest BCUT2D eigenvalue weighted by Gasteiger charge is 2.35. The van der Waals surface area contributed by atoms with Crippen molar-refractivity contribution < 1.29 is 14.3 Å². The smallest absolute Gasteiger partial charge is 0.302 e. The highest BCUT2D eigenvalue weighted by molar-refractivity contribution is 6.19. The summed E-state index contributed by atoms with van der Waals surface area (Å²) < 4.78 is 5.35. The van der Waals surface area contributed by atoms with Gasteiger partial charge in [0.1, 0.15) is 6.10 Å². The number of carbonyl (C=O) groups is 2. The minimum atomic E-state index is -0.246. The molecule has 0 N–H and O–H groups in total. The SMILES string of the molecule is CC(=O)O[C@@H]1CC(C)=C(CC(=O)/C(C)=C/CCl)C(C)(C)C1. The molecule has 0 aromatic rings. The standard InChI is InChI=1S/C17H25ClO3/c1-11(6-7-18)16(20)9-15-12(2)8-14(21-13(3)19)10-17(15,4)5/h6,14H,7-10H2,1-5H3/b11-6+/t14-/m1/s1. The number of Topliss-reactive ketones (excluding diaryl/α,β-unsaturated/α-hetero) is 1. The van der Waals surface area contributed by atoms with Gasteiger partial charge >= 0.3 is 5.97 Å². The van der Waals surface area contributed by atoms with E-state index in [-0.39, 0.29) is 23.3 Å². The Kier molecular flexibility index (Phi) is 6.21. The van der Waals surface area contributed by atoms with Gasteiger partial charge in [-0.2, -0.15) is 0 Å². The zero-order valence-electron chi connectivity index (χ0n) is 13.6. The molecule has 0 saturated carbocycles. The van der Waals surface area contributed by atoms with Gasteiger partial charge in [0.2, 0.25) is 0 Å². The van der Waals surface area contributed by atoms with Crippen LogP contribution < -0.4 is 0 Å². The van der Waals surface area contributed by atoms with Crippen LogP contribution in [0.15, 0.2) is 22.8 Å². The third kappa shape index (κ3) is 4.99. The number of carbonyl (C=O) groups excluding carboxylic acids is 2. The van der Waals surface area contributed by atoms with Crippen molar-refractivity contribution in [3.05, 3.63) is 22.8 Å². The number of rotatable bonds is 5. The lowest BCUT2D eigenvalue weighted by Gasteiger charge is -2.38. The van der Waals surface area contributed by atoms with Gasteiger partial charge in [0.15, 0.2) is 5.78 Å². The van der Waals surface area contributed by atoms with Crippen LogP contribution in [0.2, 0.25) is 0 Å². The van der Waals surface area contributed by atoms with Gasteiger partial charge in [-0.05, 0) is 31.3 Å². The Labute approximate surface area is 132 Å². The predicted octanol–water partition coefficient (Wildman–Crippen LogP) is 4.20. The molecule has 3 nitrogen and oxygen atoms in total. The first-order valence-electron chi connectivity index (χ1n) is 7.29. The fourth-order valence-corrected chi connectivity index (χ4v) is 3.28. The molecule has 4 heteroatoms. The molecule has 0 amide bonds. The number of ketones is 1. The molecular weight excluding hydrogens is 288 g/mol. The van der Waals surface area contributed by atoms with E-state index in [0.29, 0.717) is 24.3 Å². The summed E-state index contributed by atoms with van der Waals surface area (Å²) in [7, 11) is 0. The minimum Gasteiger partial charge on any atom is -0.462 e. The molecule has 0 saturated heterocycles. The molecule has 1 aliphatic carbocycles. The van der Waals surface area contributed by atoms with Crippen molar-refractivity contribution in [2.45, 2.75) is 60.0 Å². The monoisotopic (exact) mass is 312 g/mol. The second-order valence-electron chi connectivity index (χ2n) is 6.42. The summed E-state index contributed by atoms with van der Waals surface area (Å²) >= 11 is 5.65. The van der Waals surface area contributed by atoms with Crippen LogP contribution in [0.5, 0.6) is 0 Å². The van der Waals surface area contributed by atoms with Crippen LogP contribution in [0.4, 0.5) is 0 Å². The van der Waals surface area contributed by atoms with E-state index >= 15 is 0 Å². The van der Waals surface area contributed by atoms with E-state index in [1.165, 1.54) is 12.5 Å². The average molecular weight is 313 g/mol. The largest absolute Gasteiger partial charge is 0.462 e. The molecular formula is C17H25ClO3. The maximum Gasteiger partial charge on any atom is 0.302 e. The first kappa shape index (κ1) is 18.0. The molecule has 0 aliphatic heterocycles. The third-order valence-corrected chi connectivity index (χ3v) is 4.25. The molecule has 1 atom stereocenters. The Hall–Kier alpha value is -1.09. The topological polar surface area (TPSA) is 43.4 Å². The Bertz CT molecular complexity index is 486. The lowest BCUT2D eigenvalue weighted by atomic mass is 9.69. The third-order valence-electron chi connectivity index (χ3n) is 4.10. The lowest BCUT2D eigenvalue weighted by molar-refractivity contribution is -0.147. The van der Waals surface area contributed by atoms with Crippen LogP contribution in [-0.2, 0) is 14.3 Å². The van der Waals surface area contributed by atoms with E-state index in [0.717, 1.165) is 12.0 Å². The van der Waals surface area contributed by atoms with E-state index in [4.69, 9.17) is 16.3 Å². The predicted molar refractivity (Wildman–Crippen MR) is 85.4 cm³/mol. The second kappa shape index (κ2) is 7.26. The molecule has 118 valence electrons. The summed E-state index contributed by atoms with van der Waals surface area (Å²) in [6, 6.07) is 0. The molecule has 0 heterocycles. The van der Waals surface area contributed by atoms with Gasteiger partial charge in [0, 0.05) is 25.6 Å². The van der Waals surface area contributed by atoms with E-state index in [9.17, 15) is 9.59 Å². The fraction of sp³-hybridized carbons (Fsp3) is 0.647. The number of halogens is 1. The summed E-state index contributed by atoms with van der Waals surface area (Å²) in [4.78, 5) is 23.4. The quantitative estimate of drug-likeness (QED) is 0.331. The number of allylic oxidation sites excluding steroid dienone is 3. The lowest BCUT2D eigenvalue weighted by Crippen LogP contribution is -2.32. The van der Waals surface area contributed by atoms with Crippen molar-refractivity contribution in [2.24, 2.45) is 5.41 Å². The summed E-state index contributed by atoms with van der Waals surface area (Å²) in [6.45, 7) is 9.48. The van der Waals surface area contributed by atoms with Crippen molar-refractivity contribution in [1.29, 1.82) is 0 Å². The van der Waals surface area contributed by atoms with Crippen LogP contribution in [0.3, 0.4) is 0 Å². The fourth-order valence-electron chi connectivity index (χ4n) is 3.04. The van der Waals surface area contributed by atoms with Gasteiger partial charge in [-0.3, -0.25) is 9.59 Å². The molecule has 0 spiro atoms. The van der Waals surface area contributed by atoms with E-state index in [1.54, 1.807) is 13.0 Å². The zero-order valence-corrected chi connectivity index (χ0v) is 14.3. The summed E-state index contributed by atoms with van der Waals surface area (Å²) in [5.41, 5.74) is 2.89. The Morgan fingerprint density at radius 2 is 2.00 bits per heavy atom. The first-order chi connectivity index (χ1) is 9.67. The molecule has 0 aromatic carbocycles. The van der Waals surface area contributed by atoms with E-state index in [2.05, 4.69) is 13.8 Å². The van der Waals surface area contributed by atoms with Crippen molar-refractivity contribution in [2.75, 3.05) is 5.88 Å². The van der Waals surface area contributed by atoms with Crippen molar-refractivity contribution in [1.82, 2.24) is 0 Å². The summed E-state index contributed by atoms with van der Waals surface area (Å²) in [6.07, 6.45) is 3.55. The Balaban J connectivity index is 2.92. The molecule has 0 aromatic heterocycles. The molecule has 0 bridgehead atoms. The number of ether oxygens (including phenoxy) is 1. The second-order valence-corrected chi connectivity index (χ2v) is 6.73. The van der Waals surface area contributed by atoms with Crippen molar-refractivity contribution >= 4 is 23.4 Å². The van der Waals surface area contributed by atoms with Crippen LogP contribution >= 0.6 is 11.6 Å². The van der Waals surface area contributed by atoms with Gasteiger partial charge in [-0.15, -0.1) is 11.6 Å². The molecule has 1 rings (SSSR count). The molecule has 0 radical (unpaired) electrons. The molecule has 1 aliphatic rings. The summed E-state index contributed by atoms with van der Waals surface area (Å²) in [5.74, 6) is 0.223. The number of hydrogen-bond donors (Lipinski definition) is 0. The van der Waals surface area contributed by atoms with Gasteiger partial charge in [-0.1, -0.05) is 31.1 Å². The highest BCUT2D eigenvalue weighted by atomic mass is 35.5. The van der Waals surface area contributed by atoms with Crippen LogP contribution in [0.1, 0.15) is 53.9 Å². The Morgan fingerprint density at radius 3 is 2.48 bits per heavy atom. The number of alkyl halides is 1. The molecule has 0 unspecified atom stereocenters. The van der Waals surface area contributed by atoms with Gasteiger partial charge in [-0.25, -0.2) is 0 Å². The average Bonchev–Trinajstić information content (AvgIpc) is 2.32. The van der Waals surface area contributed by atoms with Crippen molar-refractivity contribution in [3.8, 4) is 0 Å². The zero-order chi connectivity index (χ0) is 16.2. The van der Waals surface area contributed by atoms with Crippen LogP contribution in [0.25, 0.3) is 0 Å². The number of hydrogen-bond acceptors (Lipinski definition) is 3. The minimum absolute atomic E-state index is 0.0872. The first-order valence-corrected chi connectivity index (χ1v) is 7.83. The maximum absolute atomic E-state index is 12.2. The highest BCUT2D eigenvalue weighted by Crippen LogP contribution is 2.43. The van der Waals surface area contributed by atoms with E-state index in [1.807, 2.05) is 6.92 Å². The maximum atomic E-state index is 12.2. The van der Waals surface area contributed by atoms with Gasteiger partial charge < -0.3 is 4.74 Å². The normalized spacial score (nSPS) is 22.2. The van der Waals surface area contributed by atoms with E-state index < -0.39 is 0 Å². The van der Waals surface area contributed by atoms with Crippen molar-refractivity contribution in [3.63, 3.8) is 0 Å². The Morgan fingerprint density at radius 1 is 1.38 bits per heavy atom. The van der Waals surface area contributed by atoms with Gasteiger partial charge in [0.05, 0.1) is 0 Å². The molecule has 21 heavy (non-hydrogen) atoms. The summed E-state index contributed by atoms with van der Waals surface area (Å²) in [5, 5.41) is 0. The molecule has 0 fully saturated rings. The van der Waals surface area contributed by atoms with Crippen LogP contribution in [-0.4, -0.2) is 23.7 Å².